The minimum Gasteiger partial charge on any atom is -0.379 e. The molecule has 102 valence electrons. The van der Waals surface area contributed by atoms with E-state index in [-0.39, 0.29) is 0 Å². The van der Waals surface area contributed by atoms with Crippen molar-refractivity contribution in [1.29, 1.82) is 0 Å². The van der Waals surface area contributed by atoms with E-state index in [4.69, 9.17) is 0 Å². The number of aryl methyl sites for hydroxylation is 2. The van der Waals surface area contributed by atoms with Gasteiger partial charge in [0.2, 0.25) is 0 Å². The van der Waals surface area contributed by atoms with Crippen LogP contribution in [-0.4, -0.2) is 15.8 Å². The van der Waals surface area contributed by atoms with E-state index in [1.54, 1.807) is 0 Å². The van der Waals surface area contributed by atoms with Gasteiger partial charge in [-0.3, -0.25) is 4.68 Å². The minimum absolute atomic E-state index is 0.633. The average molecular weight is 249 g/mol. The fourth-order valence-corrected chi connectivity index (χ4v) is 3.25. The van der Waals surface area contributed by atoms with Crippen LogP contribution in [-0.2, 0) is 13.5 Å². The highest BCUT2D eigenvalue weighted by atomic mass is 15.3. The molecule has 2 unspecified atom stereocenters. The van der Waals surface area contributed by atoms with Crippen LogP contribution in [0.3, 0.4) is 0 Å². The third-order valence-electron chi connectivity index (χ3n) is 4.26. The molecule has 0 spiro atoms. The van der Waals surface area contributed by atoms with Crippen LogP contribution < -0.4 is 5.32 Å². The van der Waals surface area contributed by atoms with Gasteiger partial charge in [0.05, 0.1) is 11.4 Å². The molecule has 1 aliphatic rings. The lowest BCUT2D eigenvalue weighted by Crippen LogP contribution is -2.35. The van der Waals surface area contributed by atoms with Gasteiger partial charge in [-0.05, 0) is 31.1 Å². The predicted octanol–water partition coefficient (Wildman–Crippen LogP) is 3.61. The van der Waals surface area contributed by atoms with Gasteiger partial charge in [-0.1, -0.05) is 33.6 Å². The minimum atomic E-state index is 0.633. The maximum Gasteiger partial charge on any atom is 0.0853 e. The van der Waals surface area contributed by atoms with Gasteiger partial charge in [0, 0.05) is 19.3 Å². The lowest BCUT2D eigenvalue weighted by molar-refractivity contribution is 0.253. The zero-order valence-electron chi connectivity index (χ0n) is 12.2. The summed E-state index contributed by atoms with van der Waals surface area (Å²) in [7, 11) is 2.01. The van der Waals surface area contributed by atoms with E-state index >= 15 is 0 Å². The molecule has 1 aromatic rings. The Kier molecular flexibility index (Phi) is 4.31. The Hall–Kier alpha value is -0.990. The second kappa shape index (κ2) is 5.77. The van der Waals surface area contributed by atoms with Crippen LogP contribution >= 0.6 is 0 Å². The molecule has 3 heteroatoms. The van der Waals surface area contributed by atoms with E-state index < -0.39 is 0 Å². The zero-order chi connectivity index (χ0) is 13.1. The van der Waals surface area contributed by atoms with E-state index in [1.165, 1.54) is 37.1 Å². The Morgan fingerprint density at radius 3 is 2.78 bits per heavy atom. The fourth-order valence-electron chi connectivity index (χ4n) is 3.25. The van der Waals surface area contributed by atoms with Gasteiger partial charge in [-0.15, -0.1) is 0 Å². The Balaban J connectivity index is 2.10. The van der Waals surface area contributed by atoms with E-state index in [1.807, 2.05) is 11.7 Å². The van der Waals surface area contributed by atoms with Crippen molar-refractivity contribution < 1.29 is 0 Å². The standard InChI is InChI=1S/C15H27N3/c1-5-13-15(10-18(4)17-13)16-14-9-7-6-8-12(14)11(2)3/h10-12,14,16H,5-9H2,1-4H3. The van der Waals surface area contributed by atoms with Gasteiger partial charge in [0.1, 0.15) is 0 Å². The first-order valence-corrected chi connectivity index (χ1v) is 7.40. The van der Waals surface area contributed by atoms with Gasteiger partial charge in [0.15, 0.2) is 0 Å². The van der Waals surface area contributed by atoms with Crippen molar-refractivity contribution in [3.05, 3.63) is 11.9 Å². The summed E-state index contributed by atoms with van der Waals surface area (Å²) in [5.41, 5.74) is 2.45. The number of nitrogens with zero attached hydrogens (tertiary/aromatic N) is 2. The summed E-state index contributed by atoms with van der Waals surface area (Å²) < 4.78 is 1.92. The normalized spacial score (nSPS) is 24.5. The van der Waals surface area contributed by atoms with Crippen molar-refractivity contribution in [3.63, 3.8) is 0 Å². The molecule has 18 heavy (non-hydrogen) atoms. The van der Waals surface area contributed by atoms with Crippen LogP contribution in [0.2, 0.25) is 0 Å². The van der Waals surface area contributed by atoms with Crippen molar-refractivity contribution in [1.82, 2.24) is 9.78 Å². The highest BCUT2D eigenvalue weighted by Crippen LogP contribution is 2.32. The zero-order valence-corrected chi connectivity index (χ0v) is 12.2. The quantitative estimate of drug-likeness (QED) is 0.883. The largest absolute Gasteiger partial charge is 0.379 e. The molecule has 0 aromatic carbocycles. The number of hydrogen-bond donors (Lipinski definition) is 1. The molecule has 0 amide bonds. The summed E-state index contributed by atoms with van der Waals surface area (Å²) in [6.07, 6.45) is 8.57. The molecule has 0 saturated heterocycles. The number of aromatic nitrogens is 2. The second-order valence-electron chi connectivity index (χ2n) is 5.96. The highest BCUT2D eigenvalue weighted by molar-refractivity contribution is 5.47. The van der Waals surface area contributed by atoms with Gasteiger partial charge in [-0.2, -0.15) is 5.10 Å². The Labute approximate surface area is 111 Å². The molecule has 1 saturated carbocycles. The van der Waals surface area contributed by atoms with Crippen molar-refractivity contribution in [2.24, 2.45) is 18.9 Å². The second-order valence-corrected chi connectivity index (χ2v) is 5.96. The topological polar surface area (TPSA) is 29.9 Å². The predicted molar refractivity (Wildman–Crippen MR) is 76.8 cm³/mol. The maximum atomic E-state index is 4.52. The van der Waals surface area contributed by atoms with Crippen LogP contribution in [0.15, 0.2) is 6.20 Å². The van der Waals surface area contributed by atoms with Gasteiger partial charge in [0.25, 0.3) is 0 Å². The number of anilines is 1. The summed E-state index contributed by atoms with van der Waals surface area (Å²) >= 11 is 0. The van der Waals surface area contributed by atoms with Crippen molar-refractivity contribution in [3.8, 4) is 0 Å². The molecule has 0 aliphatic heterocycles. The summed E-state index contributed by atoms with van der Waals surface area (Å²) in [5.74, 6) is 1.58. The molecule has 1 N–H and O–H groups in total. The molecule has 2 atom stereocenters. The summed E-state index contributed by atoms with van der Waals surface area (Å²) in [6, 6.07) is 0.633. The Morgan fingerprint density at radius 2 is 2.11 bits per heavy atom. The molecule has 3 nitrogen and oxygen atoms in total. The summed E-state index contributed by atoms with van der Waals surface area (Å²) in [4.78, 5) is 0. The van der Waals surface area contributed by atoms with E-state index in [0.29, 0.717) is 6.04 Å². The molecule has 1 aliphatic carbocycles. The van der Waals surface area contributed by atoms with E-state index in [2.05, 4.69) is 37.4 Å². The molecule has 1 fully saturated rings. The Bertz CT molecular complexity index is 381. The van der Waals surface area contributed by atoms with Gasteiger partial charge >= 0.3 is 0 Å². The number of rotatable bonds is 4. The smallest absolute Gasteiger partial charge is 0.0853 e. The molecule has 2 rings (SSSR count). The molecule has 0 radical (unpaired) electrons. The number of hydrogen-bond acceptors (Lipinski definition) is 2. The van der Waals surface area contributed by atoms with Crippen LogP contribution in [0.4, 0.5) is 5.69 Å². The molecule has 1 aromatic heterocycles. The lowest BCUT2D eigenvalue weighted by Gasteiger charge is -2.35. The first-order valence-electron chi connectivity index (χ1n) is 7.40. The monoisotopic (exact) mass is 249 g/mol. The van der Waals surface area contributed by atoms with Crippen molar-refractivity contribution >= 4 is 5.69 Å². The molecular formula is C15H27N3. The summed E-state index contributed by atoms with van der Waals surface area (Å²) in [6.45, 7) is 6.89. The maximum absolute atomic E-state index is 4.52. The first kappa shape index (κ1) is 13.4. The lowest BCUT2D eigenvalue weighted by atomic mass is 9.78. The van der Waals surface area contributed by atoms with Crippen LogP contribution in [0, 0.1) is 11.8 Å². The number of nitrogens with one attached hydrogen (secondary N) is 1. The van der Waals surface area contributed by atoms with Gasteiger partial charge < -0.3 is 5.32 Å². The van der Waals surface area contributed by atoms with E-state index in [9.17, 15) is 0 Å². The van der Waals surface area contributed by atoms with Crippen LogP contribution in [0.25, 0.3) is 0 Å². The third kappa shape index (κ3) is 2.88. The first-order chi connectivity index (χ1) is 8.61. The molecule has 1 heterocycles. The average Bonchev–Trinajstić information content (AvgIpc) is 2.70. The molecular weight excluding hydrogens is 222 g/mol. The summed E-state index contributed by atoms with van der Waals surface area (Å²) in [5, 5.41) is 8.29. The van der Waals surface area contributed by atoms with Gasteiger partial charge in [-0.25, -0.2) is 0 Å². The molecule has 0 bridgehead atoms. The Morgan fingerprint density at radius 1 is 1.39 bits per heavy atom. The van der Waals surface area contributed by atoms with Crippen LogP contribution in [0.5, 0.6) is 0 Å². The van der Waals surface area contributed by atoms with Crippen molar-refractivity contribution in [2.75, 3.05) is 5.32 Å². The highest BCUT2D eigenvalue weighted by Gasteiger charge is 2.28. The SMILES string of the molecule is CCc1nn(C)cc1NC1CCCCC1C(C)C. The van der Waals surface area contributed by atoms with Crippen LogP contribution in [0.1, 0.15) is 52.1 Å². The fraction of sp³-hybridized carbons (Fsp3) is 0.800. The van der Waals surface area contributed by atoms with Crippen molar-refractivity contribution in [2.45, 2.75) is 58.9 Å². The van der Waals surface area contributed by atoms with E-state index in [0.717, 1.165) is 18.3 Å². The third-order valence-corrected chi connectivity index (χ3v) is 4.26.